The van der Waals surface area contributed by atoms with E-state index < -0.39 is 11.4 Å². The van der Waals surface area contributed by atoms with Gasteiger partial charge < -0.3 is 16.2 Å². The first-order valence-corrected chi connectivity index (χ1v) is 7.07. The highest BCUT2D eigenvalue weighted by Crippen LogP contribution is 2.65. The van der Waals surface area contributed by atoms with Gasteiger partial charge in [-0.3, -0.25) is 4.79 Å². The molecular weight excluding hydrogens is 280 g/mol. The molecule has 22 heavy (non-hydrogen) atoms. The summed E-state index contributed by atoms with van der Waals surface area (Å²) in [5.74, 6) is -0.966. The maximum absolute atomic E-state index is 12.5. The van der Waals surface area contributed by atoms with Crippen LogP contribution in [-0.2, 0) is 10.2 Å². The van der Waals surface area contributed by atoms with Gasteiger partial charge in [0.05, 0.1) is 11.0 Å². The van der Waals surface area contributed by atoms with Crippen LogP contribution in [0.15, 0.2) is 42.5 Å². The molecule has 1 heterocycles. The van der Waals surface area contributed by atoms with Gasteiger partial charge in [0, 0.05) is 17.3 Å². The Kier molecular flexibility index (Phi) is 2.40. The fourth-order valence-corrected chi connectivity index (χ4v) is 3.45. The summed E-state index contributed by atoms with van der Waals surface area (Å²) in [6.07, 6.45) is 0.693. The van der Waals surface area contributed by atoms with Crippen molar-refractivity contribution in [3.63, 3.8) is 0 Å². The van der Waals surface area contributed by atoms with Gasteiger partial charge in [-0.15, -0.1) is 0 Å². The van der Waals surface area contributed by atoms with Crippen molar-refractivity contribution in [2.45, 2.75) is 17.8 Å². The molecule has 0 saturated heterocycles. The number of fused-ring (bicyclic) bond motifs is 2. The Bertz CT molecular complexity index is 813. The maximum Gasteiger partial charge on any atom is 0.335 e. The van der Waals surface area contributed by atoms with E-state index >= 15 is 0 Å². The van der Waals surface area contributed by atoms with Crippen molar-refractivity contribution >= 4 is 23.3 Å². The fourth-order valence-electron chi connectivity index (χ4n) is 3.45. The van der Waals surface area contributed by atoms with Gasteiger partial charge in [0.2, 0.25) is 5.91 Å². The van der Waals surface area contributed by atoms with Gasteiger partial charge in [0.25, 0.3) is 0 Å². The highest BCUT2D eigenvalue weighted by molar-refractivity contribution is 6.10. The molecular formula is C17H14N2O3. The number of carbonyl (C=O) groups excluding carboxylic acids is 1. The molecule has 2 aliphatic rings. The molecule has 1 saturated carbocycles. The monoisotopic (exact) mass is 294 g/mol. The zero-order chi connectivity index (χ0) is 15.5. The number of carbonyl (C=O) groups is 2. The summed E-state index contributed by atoms with van der Waals surface area (Å²) in [6.45, 7) is 0. The molecule has 0 unspecified atom stereocenters. The van der Waals surface area contributed by atoms with Crippen LogP contribution in [0, 0.1) is 0 Å². The second-order valence-electron chi connectivity index (χ2n) is 5.91. The lowest BCUT2D eigenvalue weighted by molar-refractivity contribution is -0.118. The van der Waals surface area contributed by atoms with E-state index in [4.69, 9.17) is 10.8 Å². The average Bonchev–Trinajstić information content (AvgIpc) is 3.18. The Labute approximate surface area is 126 Å². The number of anilines is 2. The predicted octanol–water partition coefficient (Wildman–Crippen LogP) is 2.34. The van der Waals surface area contributed by atoms with E-state index in [1.54, 1.807) is 12.1 Å². The molecule has 1 aliphatic heterocycles. The molecule has 4 rings (SSSR count). The van der Waals surface area contributed by atoms with Gasteiger partial charge in [0.1, 0.15) is 0 Å². The third-order valence-electron chi connectivity index (χ3n) is 4.70. The Balaban J connectivity index is 1.79. The van der Waals surface area contributed by atoms with E-state index in [0.29, 0.717) is 17.8 Å². The summed E-state index contributed by atoms with van der Waals surface area (Å²) in [5.41, 5.74) is 8.53. The number of nitrogen functional groups attached to an aromatic ring is 1. The molecule has 1 amide bonds. The summed E-state index contributed by atoms with van der Waals surface area (Å²) in [7, 11) is 0. The first-order valence-electron chi connectivity index (χ1n) is 7.07. The van der Waals surface area contributed by atoms with Crippen LogP contribution in [0.1, 0.15) is 33.8 Å². The van der Waals surface area contributed by atoms with E-state index in [9.17, 15) is 9.59 Å². The normalized spacial score (nSPS) is 24.9. The maximum atomic E-state index is 12.5. The van der Waals surface area contributed by atoms with Crippen LogP contribution < -0.4 is 11.1 Å². The van der Waals surface area contributed by atoms with Gasteiger partial charge in [-0.1, -0.05) is 12.1 Å². The number of aromatic carboxylic acids is 1. The minimum Gasteiger partial charge on any atom is -0.478 e. The van der Waals surface area contributed by atoms with Gasteiger partial charge in [0.15, 0.2) is 0 Å². The number of nitrogens with two attached hydrogens (primary N) is 1. The van der Waals surface area contributed by atoms with E-state index in [1.807, 2.05) is 24.3 Å². The van der Waals surface area contributed by atoms with Gasteiger partial charge in [-0.25, -0.2) is 4.79 Å². The Morgan fingerprint density at radius 3 is 2.64 bits per heavy atom. The topological polar surface area (TPSA) is 92.4 Å². The number of hydrogen-bond acceptors (Lipinski definition) is 3. The minimum atomic E-state index is -0.984. The number of benzene rings is 2. The fraction of sp³-hybridized carbons (Fsp3) is 0.176. The Hall–Kier alpha value is -2.82. The van der Waals surface area contributed by atoms with Crippen molar-refractivity contribution in [3.8, 4) is 0 Å². The second-order valence-corrected chi connectivity index (χ2v) is 5.91. The molecule has 0 bridgehead atoms. The lowest BCUT2D eigenvalue weighted by Crippen LogP contribution is -2.21. The number of hydrogen-bond donors (Lipinski definition) is 3. The summed E-state index contributed by atoms with van der Waals surface area (Å²) in [4.78, 5) is 23.6. The number of amides is 1. The average molecular weight is 294 g/mol. The van der Waals surface area contributed by atoms with Gasteiger partial charge in [-0.05, 0) is 47.9 Å². The smallest absolute Gasteiger partial charge is 0.335 e. The van der Waals surface area contributed by atoms with E-state index in [-0.39, 0.29) is 17.4 Å². The molecule has 1 aliphatic carbocycles. The zero-order valence-electron chi connectivity index (χ0n) is 11.7. The third kappa shape index (κ3) is 1.59. The summed E-state index contributed by atoms with van der Waals surface area (Å²) in [5, 5.41) is 12.0. The van der Waals surface area contributed by atoms with Crippen LogP contribution in [0.4, 0.5) is 11.4 Å². The van der Waals surface area contributed by atoms with Gasteiger partial charge in [-0.2, -0.15) is 0 Å². The molecule has 2 aromatic carbocycles. The van der Waals surface area contributed by atoms with Crippen LogP contribution >= 0.6 is 0 Å². The van der Waals surface area contributed by atoms with Gasteiger partial charge >= 0.3 is 5.97 Å². The first-order chi connectivity index (χ1) is 10.5. The molecule has 0 radical (unpaired) electrons. The Morgan fingerprint density at radius 1 is 1.23 bits per heavy atom. The van der Waals surface area contributed by atoms with E-state index in [1.165, 1.54) is 6.07 Å². The van der Waals surface area contributed by atoms with Crippen molar-refractivity contribution in [2.75, 3.05) is 11.1 Å². The summed E-state index contributed by atoms with van der Waals surface area (Å²) in [6, 6.07) is 12.3. The minimum absolute atomic E-state index is 0.0492. The van der Waals surface area contributed by atoms with Crippen molar-refractivity contribution in [1.82, 2.24) is 0 Å². The predicted molar refractivity (Wildman–Crippen MR) is 81.9 cm³/mol. The van der Waals surface area contributed by atoms with Crippen molar-refractivity contribution in [3.05, 3.63) is 59.2 Å². The molecule has 5 nitrogen and oxygen atoms in total. The zero-order valence-corrected chi connectivity index (χ0v) is 11.7. The van der Waals surface area contributed by atoms with E-state index in [0.717, 1.165) is 11.1 Å². The lowest BCUT2D eigenvalue weighted by atomic mass is 9.91. The Morgan fingerprint density at radius 2 is 1.95 bits per heavy atom. The quantitative estimate of drug-likeness (QED) is 0.741. The molecule has 4 N–H and O–H groups in total. The highest BCUT2D eigenvalue weighted by Gasteiger charge is 2.65. The lowest BCUT2D eigenvalue weighted by Gasteiger charge is -2.09. The summed E-state index contributed by atoms with van der Waals surface area (Å²) < 4.78 is 0. The SMILES string of the molecule is Nc1ccc([C@H]2C[C@@]23C(=O)Nc2ccc(C(=O)O)cc23)cc1. The second kappa shape index (κ2) is 4.10. The number of nitrogens with one attached hydrogen (secondary N) is 1. The number of rotatable bonds is 2. The van der Waals surface area contributed by atoms with Crippen molar-refractivity contribution in [2.24, 2.45) is 0 Å². The molecule has 1 fully saturated rings. The third-order valence-corrected chi connectivity index (χ3v) is 4.70. The van der Waals surface area contributed by atoms with Crippen molar-refractivity contribution in [1.29, 1.82) is 0 Å². The van der Waals surface area contributed by atoms with Crippen LogP contribution in [-0.4, -0.2) is 17.0 Å². The highest BCUT2D eigenvalue weighted by atomic mass is 16.4. The summed E-state index contributed by atoms with van der Waals surface area (Å²) >= 11 is 0. The molecule has 5 heteroatoms. The molecule has 0 aromatic heterocycles. The van der Waals surface area contributed by atoms with Crippen molar-refractivity contribution < 1.29 is 14.7 Å². The number of carboxylic acids is 1. The van der Waals surface area contributed by atoms with Crippen LogP contribution in [0.5, 0.6) is 0 Å². The molecule has 2 aromatic rings. The van der Waals surface area contributed by atoms with E-state index in [2.05, 4.69) is 5.32 Å². The molecule has 110 valence electrons. The first kappa shape index (κ1) is 12.9. The molecule has 2 atom stereocenters. The van der Waals surface area contributed by atoms with Crippen LogP contribution in [0.25, 0.3) is 0 Å². The van der Waals surface area contributed by atoms with Crippen LogP contribution in [0.3, 0.4) is 0 Å². The van der Waals surface area contributed by atoms with Crippen LogP contribution in [0.2, 0.25) is 0 Å². The number of carboxylic acid groups (broad SMARTS) is 1. The largest absolute Gasteiger partial charge is 0.478 e. The molecule has 1 spiro atoms. The standard InChI is InChI=1S/C17H14N2O3/c18-11-4-1-9(2-5-11)13-8-17(13)12-7-10(15(20)21)3-6-14(12)19-16(17)22/h1-7,13H,8,18H2,(H,19,22)(H,20,21)/t13-,17+/m1/s1.